The van der Waals surface area contributed by atoms with Crippen molar-refractivity contribution in [3.8, 4) is 0 Å². The van der Waals surface area contributed by atoms with E-state index in [-0.39, 0.29) is 0 Å². The molecule has 3 nitrogen and oxygen atoms in total. The van der Waals surface area contributed by atoms with Crippen LogP contribution in [0.25, 0.3) is 0 Å². The van der Waals surface area contributed by atoms with Gasteiger partial charge in [-0.3, -0.25) is 0 Å². The molecule has 88 valence electrons. The minimum absolute atomic E-state index is 0.370. The maximum atomic E-state index is 9.17. The van der Waals surface area contributed by atoms with Gasteiger partial charge in [0.2, 0.25) is 0 Å². The fourth-order valence-electron chi connectivity index (χ4n) is 2.86. The fourth-order valence-corrected chi connectivity index (χ4v) is 2.86. The monoisotopic (exact) mass is 212 g/mol. The highest BCUT2D eigenvalue weighted by Gasteiger charge is 2.22. The van der Waals surface area contributed by atoms with E-state index in [2.05, 4.69) is 10.2 Å². The first kappa shape index (κ1) is 11.4. The van der Waals surface area contributed by atoms with Gasteiger partial charge >= 0.3 is 0 Å². The van der Waals surface area contributed by atoms with Crippen molar-refractivity contribution in [2.24, 2.45) is 5.92 Å². The van der Waals surface area contributed by atoms with Gasteiger partial charge in [0.25, 0.3) is 0 Å². The van der Waals surface area contributed by atoms with Gasteiger partial charge in [0, 0.05) is 25.7 Å². The average Bonchev–Trinajstić information content (AvgIpc) is 2.31. The lowest BCUT2D eigenvalue weighted by atomic mass is 9.97. The summed E-state index contributed by atoms with van der Waals surface area (Å²) in [7, 11) is 0. The Bertz CT molecular complexity index is 180. The van der Waals surface area contributed by atoms with Crippen molar-refractivity contribution in [3.63, 3.8) is 0 Å². The summed E-state index contributed by atoms with van der Waals surface area (Å²) in [5.74, 6) is 0.530. The van der Waals surface area contributed by atoms with Crippen molar-refractivity contribution < 1.29 is 5.11 Å². The number of piperidine rings is 2. The predicted octanol–water partition coefficient (Wildman–Crippen LogP) is 0.833. The number of nitrogens with zero attached hydrogens (tertiary/aromatic N) is 1. The van der Waals surface area contributed by atoms with Gasteiger partial charge < -0.3 is 15.3 Å². The Hall–Kier alpha value is -0.120. The van der Waals surface area contributed by atoms with Crippen LogP contribution in [0.1, 0.15) is 32.1 Å². The van der Waals surface area contributed by atoms with Gasteiger partial charge in [-0.15, -0.1) is 0 Å². The Morgan fingerprint density at radius 2 is 2.13 bits per heavy atom. The van der Waals surface area contributed by atoms with Crippen molar-refractivity contribution >= 4 is 0 Å². The molecule has 2 aliphatic heterocycles. The number of aliphatic hydroxyl groups excluding tert-OH is 1. The number of likely N-dealkylation sites (tertiary alicyclic amines) is 1. The third-order valence-electron chi connectivity index (χ3n) is 3.75. The van der Waals surface area contributed by atoms with Crippen molar-refractivity contribution in [2.75, 3.05) is 32.8 Å². The highest BCUT2D eigenvalue weighted by molar-refractivity contribution is 4.79. The summed E-state index contributed by atoms with van der Waals surface area (Å²) < 4.78 is 0. The number of rotatable bonds is 3. The van der Waals surface area contributed by atoms with Gasteiger partial charge in [-0.1, -0.05) is 6.42 Å². The van der Waals surface area contributed by atoms with Gasteiger partial charge in [-0.2, -0.15) is 0 Å². The zero-order valence-corrected chi connectivity index (χ0v) is 9.62. The maximum Gasteiger partial charge on any atom is 0.0471 e. The second kappa shape index (κ2) is 5.83. The first-order chi connectivity index (χ1) is 7.38. The van der Waals surface area contributed by atoms with Crippen LogP contribution in [0.3, 0.4) is 0 Å². The summed E-state index contributed by atoms with van der Waals surface area (Å²) in [6, 6.07) is 0.705. The fraction of sp³-hybridized carbons (Fsp3) is 1.00. The molecule has 0 aliphatic carbocycles. The second-order valence-corrected chi connectivity index (χ2v) is 5.10. The highest BCUT2D eigenvalue weighted by Crippen LogP contribution is 2.17. The molecule has 0 aromatic rings. The van der Waals surface area contributed by atoms with Crippen LogP contribution in [0.5, 0.6) is 0 Å². The molecule has 0 aromatic carbocycles. The average molecular weight is 212 g/mol. The molecule has 15 heavy (non-hydrogen) atoms. The molecule has 2 rings (SSSR count). The van der Waals surface area contributed by atoms with Crippen LogP contribution in [0.4, 0.5) is 0 Å². The maximum absolute atomic E-state index is 9.17. The van der Waals surface area contributed by atoms with E-state index in [4.69, 9.17) is 0 Å². The van der Waals surface area contributed by atoms with Crippen molar-refractivity contribution in [3.05, 3.63) is 0 Å². The van der Waals surface area contributed by atoms with Crippen molar-refractivity contribution in [2.45, 2.75) is 38.1 Å². The molecule has 2 atom stereocenters. The standard InChI is InChI=1S/C12H24N2O/c15-10-11-4-3-7-14(8-11)9-12-5-1-2-6-13-12/h11-13,15H,1-10H2. The molecule has 2 heterocycles. The molecule has 0 bridgehead atoms. The SMILES string of the molecule is OCC1CCCN(CC2CCCCN2)C1. The number of hydrogen-bond acceptors (Lipinski definition) is 3. The van der Waals surface area contributed by atoms with Gasteiger partial charge in [0.05, 0.1) is 0 Å². The zero-order valence-electron chi connectivity index (χ0n) is 9.62. The van der Waals surface area contributed by atoms with Crippen LogP contribution in [-0.2, 0) is 0 Å². The molecule has 0 aromatic heterocycles. The summed E-state index contributed by atoms with van der Waals surface area (Å²) >= 11 is 0. The highest BCUT2D eigenvalue weighted by atomic mass is 16.3. The van der Waals surface area contributed by atoms with E-state index in [0.29, 0.717) is 18.6 Å². The molecule has 3 heteroatoms. The Morgan fingerprint density at radius 3 is 2.87 bits per heavy atom. The van der Waals surface area contributed by atoms with E-state index >= 15 is 0 Å². The number of aliphatic hydroxyl groups is 1. The summed E-state index contributed by atoms with van der Waals surface area (Å²) in [5.41, 5.74) is 0. The van der Waals surface area contributed by atoms with Crippen molar-refractivity contribution in [1.29, 1.82) is 0 Å². The number of hydrogen-bond donors (Lipinski definition) is 2. The molecule has 0 spiro atoms. The molecular weight excluding hydrogens is 188 g/mol. The topological polar surface area (TPSA) is 35.5 Å². The normalized spacial score (nSPS) is 34.2. The van der Waals surface area contributed by atoms with Crippen LogP contribution in [0, 0.1) is 5.92 Å². The zero-order chi connectivity index (χ0) is 10.5. The second-order valence-electron chi connectivity index (χ2n) is 5.10. The van der Waals surface area contributed by atoms with Crippen LogP contribution in [-0.4, -0.2) is 48.8 Å². The summed E-state index contributed by atoms with van der Waals surface area (Å²) in [4.78, 5) is 2.54. The summed E-state index contributed by atoms with van der Waals surface area (Å²) in [6.07, 6.45) is 6.54. The minimum Gasteiger partial charge on any atom is -0.396 e. The molecular formula is C12H24N2O. The first-order valence-corrected chi connectivity index (χ1v) is 6.45. The third-order valence-corrected chi connectivity index (χ3v) is 3.75. The third kappa shape index (κ3) is 3.44. The van der Waals surface area contributed by atoms with Crippen LogP contribution in [0.15, 0.2) is 0 Å². The van der Waals surface area contributed by atoms with Crippen LogP contribution >= 0.6 is 0 Å². The molecule has 2 N–H and O–H groups in total. The van der Waals surface area contributed by atoms with Gasteiger partial charge in [-0.05, 0) is 44.7 Å². The van der Waals surface area contributed by atoms with Crippen LogP contribution < -0.4 is 5.32 Å². The Balaban J connectivity index is 1.72. The van der Waals surface area contributed by atoms with Gasteiger partial charge in [0.1, 0.15) is 0 Å². The van der Waals surface area contributed by atoms with Crippen LogP contribution in [0.2, 0.25) is 0 Å². The van der Waals surface area contributed by atoms with E-state index in [0.717, 1.165) is 6.54 Å². The Kier molecular flexibility index (Phi) is 4.42. The molecule has 0 radical (unpaired) electrons. The minimum atomic E-state index is 0.370. The van der Waals surface area contributed by atoms with E-state index in [1.165, 1.54) is 51.7 Å². The molecule has 2 aliphatic rings. The van der Waals surface area contributed by atoms with Crippen molar-refractivity contribution in [1.82, 2.24) is 10.2 Å². The predicted molar refractivity (Wildman–Crippen MR) is 61.9 cm³/mol. The van der Waals surface area contributed by atoms with E-state index in [1.807, 2.05) is 0 Å². The lowest BCUT2D eigenvalue weighted by Gasteiger charge is -2.35. The first-order valence-electron chi connectivity index (χ1n) is 6.45. The molecule has 2 unspecified atom stereocenters. The largest absolute Gasteiger partial charge is 0.396 e. The van der Waals surface area contributed by atoms with E-state index in [9.17, 15) is 5.11 Å². The molecule has 0 amide bonds. The Morgan fingerprint density at radius 1 is 1.20 bits per heavy atom. The summed E-state index contributed by atoms with van der Waals surface area (Å²) in [5, 5.41) is 12.8. The van der Waals surface area contributed by atoms with Gasteiger partial charge in [0.15, 0.2) is 0 Å². The lowest BCUT2D eigenvalue weighted by molar-refractivity contribution is 0.109. The lowest BCUT2D eigenvalue weighted by Crippen LogP contribution is -2.47. The number of nitrogens with one attached hydrogen (secondary N) is 1. The molecule has 2 saturated heterocycles. The Labute approximate surface area is 92.8 Å². The molecule has 0 saturated carbocycles. The smallest absolute Gasteiger partial charge is 0.0471 e. The van der Waals surface area contributed by atoms with E-state index < -0.39 is 0 Å². The van der Waals surface area contributed by atoms with E-state index in [1.54, 1.807) is 0 Å². The molecule has 2 fully saturated rings. The van der Waals surface area contributed by atoms with Gasteiger partial charge in [-0.25, -0.2) is 0 Å². The quantitative estimate of drug-likeness (QED) is 0.727. The summed E-state index contributed by atoms with van der Waals surface area (Å²) in [6.45, 7) is 5.09.